The summed E-state index contributed by atoms with van der Waals surface area (Å²) < 4.78 is 0. The van der Waals surface area contributed by atoms with Gasteiger partial charge in [0.1, 0.15) is 0 Å². The molecule has 0 saturated carbocycles. The molecule has 0 aliphatic rings. The number of amides is 3. The summed E-state index contributed by atoms with van der Waals surface area (Å²) in [5, 5.41) is 6.34. The number of carbonyl (C=O) groups is 3. The molecule has 0 atom stereocenters. The quantitative estimate of drug-likeness (QED) is 0.527. The second kappa shape index (κ2) is 9.46. The van der Waals surface area contributed by atoms with E-state index in [-0.39, 0.29) is 30.6 Å². The van der Waals surface area contributed by atoms with Crippen molar-refractivity contribution in [2.24, 2.45) is 0 Å². The number of carbonyl (C=O) groups excluding carboxylic acids is 3. The highest BCUT2D eigenvalue weighted by Gasteiger charge is 2.07. The molecule has 0 radical (unpaired) electrons. The van der Waals surface area contributed by atoms with Crippen LogP contribution in [0.5, 0.6) is 0 Å². The molecule has 0 bridgehead atoms. The first-order valence-corrected chi connectivity index (χ1v) is 8.51. The number of hydrazine groups is 1. The van der Waals surface area contributed by atoms with Crippen LogP contribution in [0.1, 0.15) is 28.8 Å². The lowest BCUT2D eigenvalue weighted by Gasteiger charge is -2.08. The van der Waals surface area contributed by atoms with Crippen molar-refractivity contribution in [2.75, 3.05) is 6.54 Å². The molecule has 0 unspecified atom stereocenters. The van der Waals surface area contributed by atoms with Gasteiger partial charge in [0.15, 0.2) is 0 Å². The van der Waals surface area contributed by atoms with Gasteiger partial charge in [-0.15, -0.1) is 0 Å². The summed E-state index contributed by atoms with van der Waals surface area (Å²) in [5.74, 6) is -0.714. The van der Waals surface area contributed by atoms with Gasteiger partial charge in [0, 0.05) is 23.9 Å². The Morgan fingerprint density at radius 3 is 2.42 bits per heavy atom. The zero-order valence-corrected chi connectivity index (χ0v) is 13.9. The molecule has 1 aromatic carbocycles. The van der Waals surface area contributed by atoms with Gasteiger partial charge in [-0.1, -0.05) is 30.3 Å². The third kappa shape index (κ3) is 6.21. The molecule has 2 rings (SSSR count). The predicted molar refractivity (Wildman–Crippen MR) is 92.3 cm³/mol. The van der Waals surface area contributed by atoms with E-state index in [1.165, 1.54) is 11.3 Å². The maximum Gasteiger partial charge on any atom is 0.252 e. The Bertz CT molecular complexity index is 672. The minimum atomic E-state index is -0.291. The van der Waals surface area contributed by atoms with Gasteiger partial charge in [-0.05, 0) is 23.4 Å². The van der Waals surface area contributed by atoms with E-state index < -0.39 is 0 Å². The van der Waals surface area contributed by atoms with Gasteiger partial charge >= 0.3 is 0 Å². The number of rotatable bonds is 7. The van der Waals surface area contributed by atoms with E-state index in [0.29, 0.717) is 18.5 Å². The smallest absolute Gasteiger partial charge is 0.252 e. The summed E-state index contributed by atoms with van der Waals surface area (Å²) in [6, 6.07) is 11.0. The maximum absolute atomic E-state index is 11.7. The van der Waals surface area contributed by atoms with E-state index in [1.807, 2.05) is 35.7 Å². The van der Waals surface area contributed by atoms with Crippen LogP contribution in [0.25, 0.3) is 0 Å². The second-order valence-corrected chi connectivity index (χ2v) is 5.91. The van der Waals surface area contributed by atoms with Crippen molar-refractivity contribution in [3.05, 3.63) is 58.3 Å². The lowest BCUT2D eigenvalue weighted by Crippen LogP contribution is -2.42. The third-order valence-electron chi connectivity index (χ3n) is 3.20. The molecule has 2 aromatic rings. The minimum absolute atomic E-state index is 0.146. The summed E-state index contributed by atoms with van der Waals surface area (Å²) in [6.45, 7) is 0.403. The van der Waals surface area contributed by atoms with E-state index in [4.69, 9.17) is 0 Å². The fourth-order valence-electron chi connectivity index (χ4n) is 1.97. The van der Waals surface area contributed by atoms with Crippen molar-refractivity contribution in [3.8, 4) is 0 Å². The Labute approximate surface area is 144 Å². The number of benzene rings is 1. The average Bonchev–Trinajstić information content (AvgIpc) is 3.12. The molecule has 1 heterocycles. The van der Waals surface area contributed by atoms with Crippen LogP contribution in [0.3, 0.4) is 0 Å². The molecule has 1 aromatic heterocycles. The van der Waals surface area contributed by atoms with E-state index in [1.54, 1.807) is 11.4 Å². The van der Waals surface area contributed by atoms with Crippen molar-refractivity contribution in [3.63, 3.8) is 0 Å². The minimum Gasteiger partial charge on any atom is -0.352 e. The standard InChI is InChI=1S/C17H19N3O3S/c21-15(7-4-9-18-17(23)14-8-10-24-12-14)19-20-16(22)11-13-5-2-1-3-6-13/h1-3,5-6,8,10,12H,4,7,9,11H2,(H,18,23)(H,19,21)(H,20,22). The number of nitrogens with one attached hydrogen (secondary N) is 3. The topological polar surface area (TPSA) is 87.3 Å². The fourth-order valence-corrected chi connectivity index (χ4v) is 2.61. The highest BCUT2D eigenvalue weighted by Crippen LogP contribution is 2.05. The second-order valence-electron chi connectivity index (χ2n) is 5.13. The van der Waals surface area contributed by atoms with Crippen LogP contribution < -0.4 is 16.2 Å². The van der Waals surface area contributed by atoms with Gasteiger partial charge in [-0.25, -0.2) is 0 Å². The van der Waals surface area contributed by atoms with Crippen LogP contribution in [0.2, 0.25) is 0 Å². The summed E-state index contributed by atoms with van der Waals surface area (Å²) >= 11 is 1.46. The number of hydrogen-bond donors (Lipinski definition) is 3. The molecule has 126 valence electrons. The third-order valence-corrected chi connectivity index (χ3v) is 3.88. The molecular weight excluding hydrogens is 326 g/mol. The monoisotopic (exact) mass is 345 g/mol. The molecule has 3 amide bonds. The Hall–Kier alpha value is -2.67. The van der Waals surface area contributed by atoms with Gasteiger partial charge < -0.3 is 5.32 Å². The van der Waals surface area contributed by atoms with Gasteiger partial charge in [0.05, 0.1) is 6.42 Å². The van der Waals surface area contributed by atoms with Crippen LogP contribution in [0, 0.1) is 0 Å². The normalized spacial score (nSPS) is 10.0. The van der Waals surface area contributed by atoms with Crippen LogP contribution in [-0.4, -0.2) is 24.3 Å². The largest absolute Gasteiger partial charge is 0.352 e. The van der Waals surface area contributed by atoms with Crippen molar-refractivity contribution in [2.45, 2.75) is 19.3 Å². The van der Waals surface area contributed by atoms with E-state index in [9.17, 15) is 14.4 Å². The Morgan fingerprint density at radius 1 is 0.958 bits per heavy atom. The van der Waals surface area contributed by atoms with E-state index in [0.717, 1.165) is 5.56 Å². The molecule has 0 fully saturated rings. The Balaban J connectivity index is 1.56. The van der Waals surface area contributed by atoms with Gasteiger partial charge in [-0.3, -0.25) is 25.2 Å². The molecule has 0 spiro atoms. The summed E-state index contributed by atoms with van der Waals surface area (Å²) in [7, 11) is 0. The lowest BCUT2D eigenvalue weighted by atomic mass is 10.1. The molecular formula is C17H19N3O3S. The van der Waals surface area contributed by atoms with Crippen molar-refractivity contribution in [1.29, 1.82) is 0 Å². The molecule has 7 heteroatoms. The molecule has 3 N–H and O–H groups in total. The number of hydrogen-bond acceptors (Lipinski definition) is 4. The van der Waals surface area contributed by atoms with Crippen LogP contribution in [0.4, 0.5) is 0 Å². The molecule has 0 aliphatic carbocycles. The molecule has 0 aliphatic heterocycles. The first-order valence-electron chi connectivity index (χ1n) is 7.57. The highest BCUT2D eigenvalue weighted by atomic mass is 32.1. The van der Waals surface area contributed by atoms with E-state index >= 15 is 0 Å². The first kappa shape index (κ1) is 17.7. The first-order chi connectivity index (χ1) is 11.6. The van der Waals surface area contributed by atoms with Crippen molar-refractivity contribution < 1.29 is 14.4 Å². The summed E-state index contributed by atoms with van der Waals surface area (Å²) in [6.07, 6.45) is 0.920. The molecule has 0 saturated heterocycles. The van der Waals surface area contributed by atoms with Gasteiger partial charge in [0.2, 0.25) is 11.8 Å². The van der Waals surface area contributed by atoms with Gasteiger partial charge in [-0.2, -0.15) is 11.3 Å². The predicted octanol–water partition coefficient (Wildman–Crippen LogP) is 1.65. The average molecular weight is 345 g/mol. The van der Waals surface area contributed by atoms with Crippen LogP contribution >= 0.6 is 11.3 Å². The summed E-state index contributed by atoms with van der Waals surface area (Å²) in [4.78, 5) is 35.0. The maximum atomic E-state index is 11.7. The van der Waals surface area contributed by atoms with Crippen molar-refractivity contribution >= 4 is 29.1 Å². The highest BCUT2D eigenvalue weighted by molar-refractivity contribution is 7.08. The SMILES string of the molecule is O=C(CCCNC(=O)c1ccsc1)NNC(=O)Cc1ccccc1. The van der Waals surface area contributed by atoms with Crippen LogP contribution in [0.15, 0.2) is 47.2 Å². The molecule has 6 nitrogen and oxygen atoms in total. The van der Waals surface area contributed by atoms with E-state index in [2.05, 4.69) is 16.2 Å². The zero-order valence-electron chi connectivity index (χ0n) is 13.1. The van der Waals surface area contributed by atoms with Crippen molar-refractivity contribution in [1.82, 2.24) is 16.2 Å². The zero-order chi connectivity index (χ0) is 17.2. The van der Waals surface area contributed by atoms with Crippen LogP contribution in [-0.2, 0) is 16.0 Å². The number of thiophene rings is 1. The summed E-state index contributed by atoms with van der Waals surface area (Å²) in [5.41, 5.74) is 6.25. The Kier molecular flexibility index (Phi) is 6.97. The molecule has 24 heavy (non-hydrogen) atoms. The fraction of sp³-hybridized carbons (Fsp3) is 0.235. The lowest BCUT2D eigenvalue weighted by molar-refractivity contribution is -0.128. The Morgan fingerprint density at radius 2 is 1.71 bits per heavy atom. The van der Waals surface area contributed by atoms with Gasteiger partial charge in [0.25, 0.3) is 5.91 Å².